The van der Waals surface area contributed by atoms with Crippen molar-refractivity contribution >= 4 is 39.2 Å². The van der Waals surface area contributed by atoms with E-state index in [-0.39, 0.29) is 21.7 Å². The van der Waals surface area contributed by atoms with Crippen LogP contribution in [0.5, 0.6) is 0 Å². The van der Waals surface area contributed by atoms with Crippen molar-refractivity contribution in [2.24, 2.45) is 0 Å². The molecule has 0 aliphatic carbocycles. The van der Waals surface area contributed by atoms with Crippen molar-refractivity contribution in [3.63, 3.8) is 0 Å². The molecule has 0 bridgehead atoms. The van der Waals surface area contributed by atoms with Crippen LogP contribution in [0.4, 0.5) is 5.69 Å². The van der Waals surface area contributed by atoms with Crippen molar-refractivity contribution in [3.05, 3.63) is 58.6 Å². The maximum absolute atomic E-state index is 12.9. The molecule has 10 heteroatoms. The summed E-state index contributed by atoms with van der Waals surface area (Å²) >= 11 is 5.88. The number of hydrogen-bond donors (Lipinski definition) is 1. The Bertz CT molecular complexity index is 1150. The molecule has 2 aromatic carbocycles. The van der Waals surface area contributed by atoms with E-state index in [2.05, 4.69) is 5.32 Å². The van der Waals surface area contributed by atoms with Gasteiger partial charge in [-0.2, -0.15) is 9.57 Å². The molecule has 32 heavy (non-hydrogen) atoms. The number of carbonyl (C=O) groups is 2. The van der Waals surface area contributed by atoms with E-state index < -0.39 is 28.5 Å². The van der Waals surface area contributed by atoms with Crippen molar-refractivity contribution in [1.29, 1.82) is 5.26 Å². The first-order chi connectivity index (χ1) is 15.3. The zero-order valence-electron chi connectivity index (χ0n) is 17.2. The van der Waals surface area contributed by atoms with Crippen LogP contribution >= 0.6 is 11.6 Å². The molecule has 1 amide bonds. The van der Waals surface area contributed by atoms with Gasteiger partial charge in [0.25, 0.3) is 5.91 Å². The minimum atomic E-state index is -3.72. The van der Waals surface area contributed by atoms with Gasteiger partial charge in [0, 0.05) is 18.1 Å². The maximum atomic E-state index is 12.9. The molecule has 0 aromatic heterocycles. The number of sulfonamides is 1. The lowest BCUT2D eigenvalue weighted by atomic mass is 10.2. The number of anilines is 1. The van der Waals surface area contributed by atoms with E-state index in [1.54, 1.807) is 0 Å². The van der Waals surface area contributed by atoms with Crippen LogP contribution < -0.4 is 5.32 Å². The predicted molar refractivity (Wildman–Crippen MR) is 119 cm³/mol. The van der Waals surface area contributed by atoms with Gasteiger partial charge in [-0.15, -0.1) is 0 Å². The van der Waals surface area contributed by atoms with Gasteiger partial charge >= 0.3 is 5.97 Å². The maximum Gasteiger partial charge on any atom is 0.338 e. The molecule has 1 fully saturated rings. The highest BCUT2D eigenvalue weighted by Crippen LogP contribution is 2.22. The molecule has 1 aliphatic heterocycles. The number of nitriles is 1. The van der Waals surface area contributed by atoms with Crippen molar-refractivity contribution in [2.45, 2.75) is 30.6 Å². The molecule has 0 spiro atoms. The van der Waals surface area contributed by atoms with E-state index >= 15 is 0 Å². The molecule has 1 N–H and O–H groups in total. The van der Waals surface area contributed by atoms with E-state index in [0.29, 0.717) is 18.1 Å². The topological polar surface area (TPSA) is 117 Å². The molecular formula is C22H22ClN3O5S. The largest absolute Gasteiger partial charge is 0.452 e. The summed E-state index contributed by atoms with van der Waals surface area (Å²) in [4.78, 5) is 24.6. The quantitative estimate of drug-likeness (QED) is 0.638. The number of hydrogen-bond acceptors (Lipinski definition) is 6. The SMILES string of the molecule is N#Cc1ccc(Cl)cc1NC(=O)COC(=O)c1cccc(S(=O)(=O)N2CCCCCC2)c1. The Morgan fingerprint density at radius 2 is 1.81 bits per heavy atom. The fourth-order valence-corrected chi connectivity index (χ4v) is 5.07. The standard InChI is InChI=1S/C22H22ClN3O5S/c23-18-9-8-17(14-24)20(13-18)25-21(27)15-31-22(28)16-6-5-7-19(12-16)32(29,30)26-10-3-1-2-4-11-26/h5-9,12-13H,1-4,10-11,15H2,(H,25,27). The number of nitrogens with zero attached hydrogens (tertiary/aromatic N) is 2. The van der Waals surface area contributed by atoms with Crippen LogP contribution in [0, 0.1) is 11.3 Å². The van der Waals surface area contributed by atoms with Gasteiger partial charge in [-0.05, 0) is 49.2 Å². The minimum absolute atomic E-state index is 0.0101. The molecule has 1 aliphatic rings. The number of ether oxygens (including phenoxy) is 1. The second kappa shape index (κ2) is 10.6. The number of rotatable bonds is 6. The van der Waals surface area contributed by atoms with Crippen LogP contribution in [0.1, 0.15) is 41.6 Å². The number of esters is 1. The van der Waals surface area contributed by atoms with Gasteiger partial charge in [-0.1, -0.05) is 30.5 Å². The van der Waals surface area contributed by atoms with Crippen molar-refractivity contribution in [1.82, 2.24) is 4.31 Å². The number of nitrogens with one attached hydrogen (secondary N) is 1. The third-order valence-electron chi connectivity index (χ3n) is 4.98. The van der Waals surface area contributed by atoms with Gasteiger partial charge < -0.3 is 10.1 Å². The van der Waals surface area contributed by atoms with Gasteiger partial charge in [-0.25, -0.2) is 13.2 Å². The highest BCUT2D eigenvalue weighted by atomic mass is 35.5. The Balaban J connectivity index is 1.65. The van der Waals surface area contributed by atoms with Gasteiger partial charge in [0.2, 0.25) is 10.0 Å². The molecule has 0 atom stereocenters. The number of amides is 1. The summed E-state index contributed by atoms with van der Waals surface area (Å²) in [5.41, 5.74) is 0.432. The Morgan fingerprint density at radius 1 is 1.09 bits per heavy atom. The zero-order valence-corrected chi connectivity index (χ0v) is 18.8. The summed E-state index contributed by atoms with van der Waals surface area (Å²) in [6.07, 6.45) is 3.59. The molecule has 0 unspecified atom stereocenters. The van der Waals surface area contributed by atoms with E-state index in [9.17, 15) is 18.0 Å². The summed E-state index contributed by atoms with van der Waals surface area (Å²) in [7, 11) is -3.72. The second-order valence-electron chi connectivity index (χ2n) is 7.27. The van der Waals surface area contributed by atoms with E-state index in [4.69, 9.17) is 21.6 Å². The molecule has 1 saturated heterocycles. The Labute approximate surface area is 191 Å². The highest BCUT2D eigenvalue weighted by molar-refractivity contribution is 7.89. The molecule has 168 valence electrons. The van der Waals surface area contributed by atoms with Crippen LogP contribution in [-0.2, 0) is 19.6 Å². The first-order valence-corrected chi connectivity index (χ1v) is 11.9. The highest BCUT2D eigenvalue weighted by Gasteiger charge is 2.26. The molecule has 8 nitrogen and oxygen atoms in total. The fraction of sp³-hybridized carbons (Fsp3) is 0.318. The van der Waals surface area contributed by atoms with Gasteiger partial charge in [-0.3, -0.25) is 4.79 Å². The van der Waals surface area contributed by atoms with E-state index in [1.807, 2.05) is 6.07 Å². The van der Waals surface area contributed by atoms with Crippen molar-refractivity contribution in [2.75, 3.05) is 25.0 Å². The lowest BCUT2D eigenvalue weighted by molar-refractivity contribution is -0.119. The minimum Gasteiger partial charge on any atom is -0.452 e. The van der Waals surface area contributed by atoms with Gasteiger partial charge in [0.15, 0.2) is 6.61 Å². The molecule has 2 aromatic rings. The summed E-state index contributed by atoms with van der Waals surface area (Å²) in [6, 6.07) is 11.9. The predicted octanol–water partition coefficient (Wildman–Crippen LogP) is 3.57. The average molecular weight is 476 g/mol. The smallest absolute Gasteiger partial charge is 0.338 e. The van der Waals surface area contributed by atoms with Crippen LogP contribution in [0.15, 0.2) is 47.4 Å². The number of benzene rings is 2. The van der Waals surface area contributed by atoms with Crippen molar-refractivity contribution in [3.8, 4) is 6.07 Å². The lowest BCUT2D eigenvalue weighted by Gasteiger charge is -2.20. The van der Waals surface area contributed by atoms with Gasteiger partial charge in [0.05, 0.1) is 21.7 Å². The molecular weight excluding hydrogens is 454 g/mol. The van der Waals surface area contributed by atoms with E-state index in [0.717, 1.165) is 25.7 Å². The third kappa shape index (κ3) is 5.85. The lowest BCUT2D eigenvalue weighted by Crippen LogP contribution is -2.32. The van der Waals surface area contributed by atoms with Crippen LogP contribution in [-0.4, -0.2) is 44.3 Å². The summed E-state index contributed by atoms with van der Waals surface area (Å²) in [5, 5.41) is 11.9. The summed E-state index contributed by atoms with van der Waals surface area (Å²) in [5.74, 6) is -1.50. The fourth-order valence-electron chi connectivity index (χ4n) is 3.33. The zero-order chi connectivity index (χ0) is 23.1. The molecule has 0 saturated carbocycles. The first-order valence-electron chi connectivity index (χ1n) is 10.1. The van der Waals surface area contributed by atoms with Crippen molar-refractivity contribution < 1.29 is 22.7 Å². The Hall–Kier alpha value is -2.93. The average Bonchev–Trinajstić information content (AvgIpc) is 3.08. The normalized spacial score (nSPS) is 14.8. The summed E-state index contributed by atoms with van der Waals surface area (Å²) in [6.45, 7) is 0.288. The Kier molecular flexibility index (Phi) is 7.85. The second-order valence-corrected chi connectivity index (χ2v) is 9.65. The van der Waals surface area contributed by atoms with Crippen LogP contribution in [0.3, 0.4) is 0 Å². The van der Waals surface area contributed by atoms with E-state index in [1.165, 1.54) is 46.8 Å². The van der Waals surface area contributed by atoms with Gasteiger partial charge in [0.1, 0.15) is 6.07 Å². The first kappa shape index (κ1) is 23.7. The molecule has 3 rings (SSSR count). The summed E-state index contributed by atoms with van der Waals surface area (Å²) < 4.78 is 32.4. The number of carbonyl (C=O) groups excluding carboxylic acids is 2. The molecule has 1 heterocycles. The molecule has 0 radical (unpaired) electrons. The monoisotopic (exact) mass is 475 g/mol. The number of halogens is 1. The van der Waals surface area contributed by atoms with Crippen LogP contribution in [0.2, 0.25) is 5.02 Å². The van der Waals surface area contributed by atoms with Crippen LogP contribution in [0.25, 0.3) is 0 Å². The third-order valence-corrected chi connectivity index (χ3v) is 7.11. The Morgan fingerprint density at radius 3 is 2.50 bits per heavy atom.